The molecule has 92 valence electrons. The first kappa shape index (κ1) is 11.2. The molecule has 0 radical (unpaired) electrons. The molecule has 6 heteroatoms. The molecule has 3 rings (SSSR count). The Morgan fingerprint density at radius 2 is 2.11 bits per heavy atom. The summed E-state index contributed by atoms with van der Waals surface area (Å²) in [6.07, 6.45) is 3.62. The molecule has 1 saturated heterocycles. The van der Waals surface area contributed by atoms with Crippen LogP contribution in [0.15, 0.2) is 29.9 Å². The highest BCUT2D eigenvalue weighted by Crippen LogP contribution is 2.32. The fourth-order valence-electron chi connectivity index (χ4n) is 2.00. The third-order valence-corrected chi connectivity index (χ3v) is 3.98. The molecule has 0 spiro atoms. The van der Waals surface area contributed by atoms with Crippen LogP contribution in [0, 0.1) is 0 Å². The molecule has 1 aliphatic heterocycles. The quantitative estimate of drug-likeness (QED) is 0.901. The van der Waals surface area contributed by atoms with Crippen molar-refractivity contribution in [1.29, 1.82) is 0 Å². The summed E-state index contributed by atoms with van der Waals surface area (Å²) in [6, 6.07) is 4.08. The van der Waals surface area contributed by atoms with Gasteiger partial charge in [-0.15, -0.1) is 11.3 Å². The molecule has 0 aromatic carbocycles. The molecular weight excluding hydrogens is 248 g/mol. The summed E-state index contributed by atoms with van der Waals surface area (Å²) in [5.74, 6) is 0.0534. The molecule has 0 bridgehead atoms. The van der Waals surface area contributed by atoms with Crippen molar-refractivity contribution in [3.8, 4) is 0 Å². The minimum Gasteiger partial charge on any atom is -0.364 e. The van der Waals surface area contributed by atoms with Gasteiger partial charge in [0.25, 0.3) is 5.91 Å². The van der Waals surface area contributed by atoms with Crippen LogP contribution in [0.3, 0.4) is 0 Å². The molecule has 0 aliphatic carbocycles. The number of rotatable bonds is 3. The van der Waals surface area contributed by atoms with Gasteiger partial charge in [-0.3, -0.25) is 9.78 Å². The fraction of sp³-hybridized carbons (Fsp3) is 0.250. The van der Waals surface area contributed by atoms with Gasteiger partial charge in [0.1, 0.15) is 5.69 Å². The van der Waals surface area contributed by atoms with E-state index in [0.717, 1.165) is 18.2 Å². The average Bonchev–Trinajstić information content (AvgIpc) is 2.78. The van der Waals surface area contributed by atoms with E-state index in [4.69, 9.17) is 5.73 Å². The van der Waals surface area contributed by atoms with Crippen LogP contribution in [0.5, 0.6) is 0 Å². The van der Waals surface area contributed by atoms with Crippen LogP contribution in [0.4, 0.5) is 5.13 Å². The van der Waals surface area contributed by atoms with Crippen LogP contribution in [0.1, 0.15) is 22.0 Å². The van der Waals surface area contributed by atoms with Crippen LogP contribution >= 0.6 is 11.3 Å². The van der Waals surface area contributed by atoms with E-state index < -0.39 is 5.91 Å². The lowest BCUT2D eigenvalue weighted by molar-refractivity contribution is 0.0996. The number of nitrogens with zero attached hydrogens (tertiary/aromatic N) is 3. The number of carbonyl (C=O) groups excluding carboxylic acids is 1. The molecule has 0 unspecified atom stereocenters. The van der Waals surface area contributed by atoms with Crippen LogP contribution in [0.2, 0.25) is 0 Å². The molecule has 0 atom stereocenters. The summed E-state index contributed by atoms with van der Waals surface area (Å²) < 4.78 is 0. The van der Waals surface area contributed by atoms with Gasteiger partial charge in [-0.1, -0.05) is 0 Å². The van der Waals surface area contributed by atoms with Gasteiger partial charge in [0.15, 0.2) is 5.13 Å². The van der Waals surface area contributed by atoms with Gasteiger partial charge in [0, 0.05) is 36.8 Å². The Balaban J connectivity index is 1.66. The number of pyridine rings is 1. The van der Waals surface area contributed by atoms with E-state index in [9.17, 15) is 4.79 Å². The second kappa shape index (κ2) is 4.38. The van der Waals surface area contributed by atoms with Crippen molar-refractivity contribution in [1.82, 2.24) is 9.97 Å². The monoisotopic (exact) mass is 260 g/mol. The van der Waals surface area contributed by atoms with Gasteiger partial charge in [0.05, 0.1) is 0 Å². The Morgan fingerprint density at radius 3 is 2.72 bits per heavy atom. The van der Waals surface area contributed by atoms with Crippen molar-refractivity contribution in [3.05, 3.63) is 41.2 Å². The molecule has 18 heavy (non-hydrogen) atoms. The number of hydrogen-bond acceptors (Lipinski definition) is 5. The molecule has 0 saturated carbocycles. The molecule has 2 N–H and O–H groups in total. The van der Waals surface area contributed by atoms with Crippen molar-refractivity contribution < 1.29 is 4.79 Å². The number of carbonyl (C=O) groups is 1. The van der Waals surface area contributed by atoms with Crippen molar-refractivity contribution >= 4 is 22.4 Å². The highest BCUT2D eigenvalue weighted by atomic mass is 32.1. The molecule has 3 heterocycles. The van der Waals surface area contributed by atoms with Gasteiger partial charge >= 0.3 is 0 Å². The maximum Gasteiger partial charge on any atom is 0.268 e. The molecule has 1 amide bonds. The zero-order valence-electron chi connectivity index (χ0n) is 9.61. The van der Waals surface area contributed by atoms with Crippen molar-refractivity contribution in [2.75, 3.05) is 18.0 Å². The lowest BCUT2D eigenvalue weighted by atomic mass is 9.93. The van der Waals surface area contributed by atoms with Gasteiger partial charge in [-0.25, -0.2) is 4.98 Å². The van der Waals surface area contributed by atoms with Crippen molar-refractivity contribution in [2.24, 2.45) is 5.73 Å². The molecule has 1 aliphatic rings. The molecule has 5 nitrogen and oxygen atoms in total. The van der Waals surface area contributed by atoms with E-state index in [2.05, 4.69) is 14.9 Å². The molecular formula is C12H12N4OS. The number of hydrogen-bond donors (Lipinski definition) is 1. The number of amides is 1. The summed E-state index contributed by atoms with van der Waals surface area (Å²) in [5, 5.41) is 2.58. The molecule has 2 aromatic heterocycles. The summed E-state index contributed by atoms with van der Waals surface area (Å²) in [4.78, 5) is 21.4. The minimum absolute atomic E-state index is 0.349. The first-order valence-corrected chi connectivity index (χ1v) is 6.52. The summed E-state index contributed by atoms with van der Waals surface area (Å²) >= 11 is 1.46. The summed E-state index contributed by atoms with van der Waals surface area (Å²) in [7, 11) is 0. The zero-order valence-corrected chi connectivity index (χ0v) is 10.4. The second-order valence-electron chi connectivity index (χ2n) is 4.26. The normalized spacial score (nSPS) is 15.4. The van der Waals surface area contributed by atoms with E-state index in [1.54, 1.807) is 5.38 Å². The minimum atomic E-state index is -0.469. The van der Waals surface area contributed by atoms with Gasteiger partial charge in [-0.2, -0.15) is 0 Å². The first-order chi connectivity index (χ1) is 8.74. The highest BCUT2D eigenvalue weighted by molar-refractivity contribution is 7.14. The highest BCUT2D eigenvalue weighted by Gasteiger charge is 2.30. The molecule has 1 fully saturated rings. The van der Waals surface area contributed by atoms with E-state index >= 15 is 0 Å². The number of anilines is 1. The van der Waals surface area contributed by atoms with Gasteiger partial charge in [-0.05, 0) is 17.7 Å². The maximum atomic E-state index is 11.0. The Labute approximate surface area is 108 Å². The standard InChI is InChI=1S/C12H12N4OS/c13-11(17)10-7-18-12(15-10)16-5-9(6-16)8-1-3-14-4-2-8/h1-4,7,9H,5-6H2,(H2,13,17). The predicted octanol–water partition coefficient (Wildman–Crippen LogP) is 1.24. The number of thiazole rings is 1. The number of aromatic nitrogens is 2. The average molecular weight is 260 g/mol. The maximum absolute atomic E-state index is 11.0. The third-order valence-electron chi connectivity index (χ3n) is 3.07. The molecule has 2 aromatic rings. The van der Waals surface area contributed by atoms with Crippen LogP contribution in [-0.4, -0.2) is 29.0 Å². The second-order valence-corrected chi connectivity index (χ2v) is 5.10. The van der Waals surface area contributed by atoms with E-state index in [-0.39, 0.29) is 0 Å². The van der Waals surface area contributed by atoms with Gasteiger partial charge < -0.3 is 10.6 Å². The van der Waals surface area contributed by atoms with Crippen LogP contribution < -0.4 is 10.6 Å². The Hall–Kier alpha value is -1.95. The Morgan fingerprint density at radius 1 is 1.39 bits per heavy atom. The van der Waals surface area contributed by atoms with E-state index in [0.29, 0.717) is 11.6 Å². The van der Waals surface area contributed by atoms with Crippen LogP contribution in [0.25, 0.3) is 0 Å². The van der Waals surface area contributed by atoms with E-state index in [1.807, 2.05) is 24.5 Å². The largest absolute Gasteiger partial charge is 0.364 e. The number of primary amides is 1. The smallest absolute Gasteiger partial charge is 0.268 e. The SMILES string of the molecule is NC(=O)c1csc(N2CC(c3ccncc3)C2)n1. The predicted molar refractivity (Wildman–Crippen MR) is 69.8 cm³/mol. The fourth-order valence-corrected chi connectivity index (χ4v) is 2.84. The van der Waals surface area contributed by atoms with Crippen molar-refractivity contribution in [3.63, 3.8) is 0 Å². The lowest BCUT2D eigenvalue weighted by Crippen LogP contribution is -2.45. The van der Waals surface area contributed by atoms with Crippen molar-refractivity contribution in [2.45, 2.75) is 5.92 Å². The summed E-state index contributed by atoms with van der Waals surface area (Å²) in [6.45, 7) is 1.85. The lowest BCUT2D eigenvalue weighted by Gasteiger charge is -2.39. The number of nitrogens with two attached hydrogens (primary N) is 1. The first-order valence-electron chi connectivity index (χ1n) is 5.64. The topological polar surface area (TPSA) is 72.1 Å². The van der Waals surface area contributed by atoms with Gasteiger partial charge in [0.2, 0.25) is 0 Å². The zero-order chi connectivity index (χ0) is 12.5. The summed E-state index contributed by atoms with van der Waals surface area (Å²) in [5.41, 5.74) is 6.83. The van der Waals surface area contributed by atoms with E-state index in [1.165, 1.54) is 16.9 Å². The third kappa shape index (κ3) is 1.95. The van der Waals surface area contributed by atoms with Crippen LogP contribution in [-0.2, 0) is 0 Å². The Kier molecular flexibility index (Phi) is 2.71. The Bertz CT molecular complexity index is 562.